The summed E-state index contributed by atoms with van der Waals surface area (Å²) in [5, 5.41) is 11.6. The summed E-state index contributed by atoms with van der Waals surface area (Å²) in [7, 11) is 0. The van der Waals surface area contributed by atoms with E-state index in [9.17, 15) is 9.59 Å². The van der Waals surface area contributed by atoms with Gasteiger partial charge in [0.1, 0.15) is 6.29 Å². The molecule has 2 aromatic rings. The average Bonchev–Trinajstić information content (AvgIpc) is 2.50. The van der Waals surface area contributed by atoms with Crippen LogP contribution < -0.4 is 11.1 Å². The summed E-state index contributed by atoms with van der Waals surface area (Å²) in [5.41, 5.74) is 6.77. The number of carboxylic acid groups (broad SMARTS) is 1. The fourth-order valence-corrected chi connectivity index (χ4v) is 1.63. The molecule has 0 spiro atoms. The number of anilines is 2. The van der Waals surface area contributed by atoms with Crippen molar-refractivity contribution >= 4 is 29.5 Å². The van der Waals surface area contributed by atoms with Gasteiger partial charge in [0, 0.05) is 11.4 Å². The number of hydrogen-bond acceptors (Lipinski definition) is 4. The van der Waals surface area contributed by atoms with E-state index in [0.717, 1.165) is 6.29 Å². The van der Waals surface area contributed by atoms with E-state index in [4.69, 9.17) is 15.6 Å². The summed E-state index contributed by atoms with van der Waals surface area (Å²) in [6.45, 7) is 1.44. The Morgan fingerprint density at radius 3 is 2.05 bits per heavy atom. The van der Waals surface area contributed by atoms with Crippen LogP contribution in [0.25, 0.3) is 0 Å². The number of amides is 1. The van der Waals surface area contributed by atoms with Gasteiger partial charge in [-0.1, -0.05) is 12.1 Å². The number of nitrogen functional groups attached to an aromatic ring is 1. The Bertz CT molecular complexity index is 666. The number of carbonyl (C=O) groups is 3. The first-order valence-corrected chi connectivity index (χ1v) is 6.38. The SMILES string of the molecule is CC=O.Nc1ccc(NC(=O)c2ccccc2C(=O)O)cc1. The number of rotatable bonds is 3. The number of nitrogens with one attached hydrogen (secondary N) is 1. The molecule has 22 heavy (non-hydrogen) atoms. The molecule has 2 rings (SSSR count). The number of hydrogen-bond donors (Lipinski definition) is 3. The Labute approximate surface area is 127 Å². The molecular formula is C16H16N2O4. The number of carboxylic acids is 1. The van der Waals surface area contributed by atoms with E-state index in [1.807, 2.05) is 0 Å². The average molecular weight is 300 g/mol. The summed E-state index contributed by atoms with van der Waals surface area (Å²) in [4.78, 5) is 31.9. The van der Waals surface area contributed by atoms with Gasteiger partial charge in [-0.2, -0.15) is 0 Å². The van der Waals surface area contributed by atoms with Crippen LogP contribution in [0.4, 0.5) is 11.4 Å². The molecule has 4 N–H and O–H groups in total. The summed E-state index contributed by atoms with van der Waals surface area (Å²) in [6, 6.07) is 12.6. The van der Waals surface area contributed by atoms with Crippen LogP contribution in [0.1, 0.15) is 27.6 Å². The van der Waals surface area contributed by atoms with E-state index in [2.05, 4.69) is 5.32 Å². The predicted molar refractivity (Wildman–Crippen MR) is 83.9 cm³/mol. The molecule has 0 aromatic heterocycles. The summed E-state index contributed by atoms with van der Waals surface area (Å²) < 4.78 is 0. The molecule has 0 bridgehead atoms. The third kappa shape index (κ3) is 4.75. The van der Waals surface area contributed by atoms with Gasteiger partial charge >= 0.3 is 5.97 Å². The van der Waals surface area contributed by atoms with Gasteiger partial charge in [-0.3, -0.25) is 4.79 Å². The van der Waals surface area contributed by atoms with Gasteiger partial charge in [0.15, 0.2) is 0 Å². The fourth-order valence-electron chi connectivity index (χ4n) is 1.63. The standard InChI is InChI=1S/C14H12N2O3.C2H4O/c15-9-5-7-10(8-6-9)16-13(17)11-3-1-2-4-12(11)14(18)19;1-2-3/h1-8H,15H2,(H,16,17)(H,18,19);2H,1H3. The van der Waals surface area contributed by atoms with Crippen molar-refractivity contribution in [3.63, 3.8) is 0 Å². The van der Waals surface area contributed by atoms with Crippen LogP contribution in [0, 0.1) is 0 Å². The molecule has 0 fully saturated rings. The highest BCUT2D eigenvalue weighted by atomic mass is 16.4. The fraction of sp³-hybridized carbons (Fsp3) is 0.0625. The van der Waals surface area contributed by atoms with E-state index in [1.54, 1.807) is 36.4 Å². The van der Waals surface area contributed by atoms with Gasteiger partial charge in [0.2, 0.25) is 0 Å². The highest BCUT2D eigenvalue weighted by Gasteiger charge is 2.15. The maximum Gasteiger partial charge on any atom is 0.336 e. The molecule has 0 heterocycles. The maximum atomic E-state index is 12.0. The van der Waals surface area contributed by atoms with Crippen LogP contribution >= 0.6 is 0 Å². The quantitative estimate of drug-likeness (QED) is 0.595. The molecular weight excluding hydrogens is 284 g/mol. The van der Waals surface area contributed by atoms with Crippen molar-refractivity contribution < 1.29 is 19.5 Å². The molecule has 0 saturated carbocycles. The molecule has 114 valence electrons. The van der Waals surface area contributed by atoms with Crippen LogP contribution in [0.5, 0.6) is 0 Å². The Hall–Kier alpha value is -3.15. The van der Waals surface area contributed by atoms with E-state index < -0.39 is 11.9 Å². The number of nitrogens with two attached hydrogens (primary N) is 1. The topological polar surface area (TPSA) is 109 Å². The number of aromatic carboxylic acids is 1. The van der Waals surface area contributed by atoms with Gasteiger partial charge in [0.25, 0.3) is 5.91 Å². The maximum absolute atomic E-state index is 12.0. The van der Waals surface area contributed by atoms with E-state index in [-0.39, 0.29) is 11.1 Å². The van der Waals surface area contributed by atoms with Crippen LogP contribution in [0.2, 0.25) is 0 Å². The third-order valence-electron chi connectivity index (χ3n) is 2.57. The second kappa shape index (κ2) is 8.21. The molecule has 2 aromatic carbocycles. The molecule has 0 radical (unpaired) electrons. The molecule has 6 heteroatoms. The normalized spacial score (nSPS) is 9.14. The lowest BCUT2D eigenvalue weighted by Crippen LogP contribution is -2.16. The first-order valence-electron chi connectivity index (χ1n) is 6.38. The molecule has 0 saturated heterocycles. The van der Waals surface area contributed by atoms with Gasteiger partial charge in [-0.15, -0.1) is 0 Å². The Morgan fingerprint density at radius 2 is 1.55 bits per heavy atom. The van der Waals surface area contributed by atoms with E-state index >= 15 is 0 Å². The third-order valence-corrected chi connectivity index (χ3v) is 2.57. The Balaban J connectivity index is 0.000000745. The summed E-state index contributed by atoms with van der Waals surface area (Å²) >= 11 is 0. The van der Waals surface area contributed by atoms with Crippen molar-refractivity contribution in [2.24, 2.45) is 0 Å². The molecule has 0 atom stereocenters. The number of carbonyl (C=O) groups excluding carboxylic acids is 2. The minimum absolute atomic E-state index is 0.0320. The minimum atomic E-state index is -1.14. The molecule has 0 aliphatic carbocycles. The van der Waals surface area contributed by atoms with Gasteiger partial charge in [0.05, 0.1) is 11.1 Å². The summed E-state index contributed by atoms with van der Waals surface area (Å²) in [6.07, 6.45) is 0.750. The van der Waals surface area contributed by atoms with Crippen molar-refractivity contribution in [1.29, 1.82) is 0 Å². The van der Waals surface area contributed by atoms with Gasteiger partial charge in [-0.25, -0.2) is 4.79 Å². The molecule has 1 amide bonds. The first-order chi connectivity index (χ1) is 10.5. The Kier molecular flexibility index (Phi) is 6.31. The minimum Gasteiger partial charge on any atom is -0.478 e. The van der Waals surface area contributed by atoms with Crippen LogP contribution in [0.3, 0.4) is 0 Å². The van der Waals surface area contributed by atoms with Crippen molar-refractivity contribution in [2.45, 2.75) is 6.92 Å². The van der Waals surface area contributed by atoms with Crippen molar-refractivity contribution in [3.05, 3.63) is 59.7 Å². The van der Waals surface area contributed by atoms with Crippen LogP contribution in [-0.4, -0.2) is 23.3 Å². The summed E-state index contributed by atoms with van der Waals surface area (Å²) in [5.74, 6) is -1.61. The highest BCUT2D eigenvalue weighted by molar-refractivity contribution is 6.10. The first kappa shape index (κ1) is 16.9. The smallest absolute Gasteiger partial charge is 0.336 e. The van der Waals surface area contributed by atoms with Gasteiger partial charge < -0.3 is 21.0 Å². The zero-order valence-corrected chi connectivity index (χ0v) is 11.9. The van der Waals surface area contributed by atoms with Crippen LogP contribution in [-0.2, 0) is 4.79 Å². The highest BCUT2D eigenvalue weighted by Crippen LogP contribution is 2.14. The van der Waals surface area contributed by atoms with Crippen LogP contribution in [0.15, 0.2) is 48.5 Å². The van der Waals surface area contributed by atoms with Crippen molar-refractivity contribution in [2.75, 3.05) is 11.1 Å². The molecule has 0 aliphatic rings. The second-order valence-corrected chi connectivity index (χ2v) is 4.16. The zero-order valence-electron chi connectivity index (χ0n) is 11.9. The lowest BCUT2D eigenvalue weighted by atomic mass is 10.1. The number of benzene rings is 2. The lowest BCUT2D eigenvalue weighted by molar-refractivity contribution is -0.106. The monoisotopic (exact) mass is 300 g/mol. The lowest BCUT2D eigenvalue weighted by Gasteiger charge is -2.07. The second-order valence-electron chi connectivity index (χ2n) is 4.16. The van der Waals surface area contributed by atoms with Crippen molar-refractivity contribution in [1.82, 2.24) is 0 Å². The number of aldehydes is 1. The molecule has 6 nitrogen and oxygen atoms in total. The van der Waals surface area contributed by atoms with Crippen molar-refractivity contribution in [3.8, 4) is 0 Å². The molecule has 0 unspecified atom stereocenters. The van der Waals surface area contributed by atoms with E-state index in [0.29, 0.717) is 11.4 Å². The zero-order chi connectivity index (χ0) is 16.5. The Morgan fingerprint density at radius 1 is 1.05 bits per heavy atom. The predicted octanol–water partition coefficient (Wildman–Crippen LogP) is 2.42. The molecule has 0 aliphatic heterocycles. The van der Waals surface area contributed by atoms with Gasteiger partial charge in [-0.05, 0) is 43.3 Å². The van der Waals surface area contributed by atoms with E-state index in [1.165, 1.54) is 19.1 Å². The largest absolute Gasteiger partial charge is 0.478 e.